The fourth-order valence-corrected chi connectivity index (χ4v) is 3.38. The van der Waals surface area contributed by atoms with Crippen molar-refractivity contribution in [3.8, 4) is 5.75 Å². The van der Waals surface area contributed by atoms with Crippen molar-refractivity contribution in [3.05, 3.63) is 76.0 Å². The van der Waals surface area contributed by atoms with Crippen molar-refractivity contribution in [2.45, 2.75) is 11.3 Å². The standard InChI is InChI=1S/C17H17NO5S/c1-23-16-9-7-14(8-10-16)13-15(18(19)20)11-12-24(21,22)17-5-3-2-4-6-17/h2-10,13H,11-12H2,1H3/b15-13+. The van der Waals surface area contributed by atoms with Gasteiger partial charge in [-0.05, 0) is 29.8 Å². The third-order valence-electron chi connectivity index (χ3n) is 3.41. The number of nitrogens with zero attached hydrogens (tertiary/aromatic N) is 1. The van der Waals surface area contributed by atoms with Crippen LogP contribution in [0.3, 0.4) is 0 Å². The normalized spacial score (nSPS) is 12.0. The molecule has 0 amide bonds. The molecule has 0 atom stereocenters. The summed E-state index contributed by atoms with van der Waals surface area (Å²) in [5.41, 5.74) is 0.458. The van der Waals surface area contributed by atoms with E-state index in [2.05, 4.69) is 0 Å². The summed E-state index contributed by atoms with van der Waals surface area (Å²) in [6, 6.07) is 14.6. The van der Waals surface area contributed by atoms with E-state index in [1.165, 1.54) is 25.3 Å². The topological polar surface area (TPSA) is 86.5 Å². The van der Waals surface area contributed by atoms with E-state index in [0.29, 0.717) is 11.3 Å². The lowest BCUT2D eigenvalue weighted by Gasteiger charge is -2.04. The first-order valence-corrected chi connectivity index (χ1v) is 8.84. The van der Waals surface area contributed by atoms with Gasteiger partial charge in [0.2, 0.25) is 5.70 Å². The molecule has 2 aromatic carbocycles. The summed E-state index contributed by atoms with van der Waals surface area (Å²) in [6.45, 7) is 0. The molecule has 126 valence electrons. The van der Waals surface area contributed by atoms with Crippen LogP contribution in [0.15, 0.2) is 65.2 Å². The SMILES string of the molecule is COc1ccc(/C=C(\CCS(=O)(=O)c2ccccc2)[N+](=O)[O-])cc1. The minimum Gasteiger partial charge on any atom is -0.497 e. The van der Waals surface area contributed by atoms with E-state index in [4.69, 9.17) is 4.74 Å². The van der Waals surface area contributed by atoms with Gasteiger partial charge >= 0.3 is 0 Å². The Balaban J connectivity index is 2.17. The van der Waals surface area contributed by atoms with Gasteiger partial charge in [0.1, 0.15) is 5.75 Å². The first kappa shape index (κ1) is 17.7. The van der Waals surface area contributed by atoms with Gasteiger partial charge in [-0.3, -0.25) is 10.1 Å². The van der Waals surface area contributed by atoms with E-state index in [0.717, 1.165) is 0 Å². The number of benzene rings is 2. The average Bonchev–Trinajstić information content (AvgIpc) is 2.59. The first-order valence-electron chi connectivity index (χ1n) is 7.19. The highest BCUT2D eigenvalue weighted by molar-refractivity contribution is 7.91. The van der Waals surface area contributed by atoms with Gasteiger partial charge in [-0.25, -0.2) is 8.42 Å². The Hall–Kier alpha value is -2.67. The van der Waals surface area contributed by atoms with E-state index in [-0.39, 0.29) is 22.8 Å². The molecule has 24 heavy (non-hydrogen) atoms. The molecule has 0 heterocycles. The van der Waals surface area contributed by atoms with Crippen LogP contribution in [0.2, 0.25) is 0 Å². The van der Waals surface area contributed by atoms with Crippen molar-refractivity contribution in [2.24, 2.45) is 0 Å². The van der Waals surface area contributed by atoms with Crippen molar-refractivity contribution in [2.75, 3.05) is 12.9 Å². The van der Waals surface area contributed by atoms with Crippen molar-refractivity contribution in [3.63, 3.8) is 0 Å². The number of methoxy groups -OCH3 is 1. The van der Waals surface area contributed by atoms with Crippen molar-refractivity contribution < 1.29 is 18.1 Å². The summed E-state index contributed by atoms with van der Waals surface area (Å²) in [6.07, 6.45) is 1.20. The molecule has 0 fully saturated rings. The number of hydrogen-bond acceptors (Lipinski definition) is 5. The molecule has 0 N–H and O–H groups in total. The van der Waals surface area contributed by atoms with Gasteiger partial charge in [0.05, 0.1) is 29.1 Å². The molecule has 0 aliphatic carbocycles. The van der Waals surface area contributed by atoms with Gasteiger partial charge in [0, 0.05) is 6.08 Å². The molecule has 0 aliphatic rings. The van der Waals surface area contributed by atoms with Crippen LogP contribution < -0.4 is 4.74 Å². The third-order valence-corrected chi connectivity index (χ3v) is 5.14. The third kappa shape index (κ3) is 4.66. The summed E-state index contributed by atoms with van der Waals surface area (Å²) in [7, 11) is -2.03. The summed E-state index contributed by atoms with van der Waals surface area (Å²) in [5, 5.41) is 11.2. The summed E-state index contributed by atoms with van der Waals surface area (Å²) < 4.78 is 29.5. The van der Waals surface area contributed by atoms with Gasteiger partial charge in [-0.15, -0.1) is 0 Å². The second-order valence-electron chi connectivity index (χ2n) is 5.05. The van der Waals surface area contributed by atoms with Crippen LogP contribution in [0.25, 0.3) is 6.08 Å². The average molecular weight is 347 g/mol. The highest BCUT2D eigenvalue weighted by Gasteiger charge is 2.19. The predicted molar refractivity (Wildman–Crippen MR) is 91.1 cm³/mol. The zero-order valence-corrected chi connectivity index (χ0v) is 13.9. The fraction of sp³-hybridized carbons (Fsp3) is 0.176. The Bertz CT molecular complexity index is 827. The smallest absolute Gasteiger partial charge is 0.247 e. The van der Waals surface area contributed by atoms with Crippen molar-refractivity contribution in [1.29, 1.82) is 0 Å². The van der Waals surface area contributed by atoms with Gasteiger partial charge in [-0.1, -0.05) is 30.3 Å². The van der Waals surface area contributed by atoms with Gasteiger partial charge in [0.15, 0.2) is 9.84 Å². The van der Waals surface area contributed by atoms with E-state index < -0.39 is 14.8 Å². The number of allylic oxidation sites excluding steroid dienone is 1. The maximum Gasteiger partial charge on any atom is 0.247 e. The number of ether oxygens (including phenoxy) is 1. The highest BCUT2D eigenvalue weighted by atomic mass is 32.2. The zero-order valence-electron chi connectivity index (χ0n) is 13.1. The highest BCUT2D eigenvalue weighted by Crippen LogP contribution is 2.18. The Kier molecular flexibility index (Phi) is 5.70. The first-order chi connectivity index (χ1) is 11.4. The summed E-state index contributed by atoms with van der Waals surface area (Å²) >= 11 is 0. The molecule has 7 heteroatoms. The van der Waals surface area contributed by atoms with Crippen LogP contribution in [0.1, 0.15) is 12.0 Å². The van der Waals surface area contributed by atoms with E-state index in [1.54, 1.807) is 42.5 Å². The second kappa shape index (κ2) is 7.74. The maximum atomic E-state index is 12.2. The largest absolute Gasteiger partial charge is 0.497 e. The molecule has 2 rings (SSSR count). The molecule has 0 aromatic heterocycles. The van der Waals surface area contributed by atoms with Crippen LogP contribution in [0, 0.1) is 10.1 Å². The van der Waals surface area contributed by atoms with Crippen molar-refractivity contribution >= 4 is 15.9 Å². The zero-order chi connectivity index (χ0) is 17.6. The Morgan fingerprint density at radius 2 is 1.75 bits per heavy atom. The van der Waals surface area contributed by atoms with Crippen LogP contribution in [-0.4, -0.2) is 26.2 Å². The Labute approximate surface area is 140 Å². The van der Waals surface area contributed by atoms with E-state index in [9.17, 15) is 18.5 Å². The van der Waals surface area contributed by atoms with Gasteiger partial charge in [-0.2, -0.15) is 0 Å². The van der Waals surface area contributed by atoms with Crippen LogP contribution in [-0.2, 0) is 9.84 Å². The lowest BCUT2D eigenvalue weighted by molar-refractivity contribution is -0.425. The number of hydrogen-bond donors (Lipinski definition) is 0. The molecule has 0 saturated heterocycles. The monoisotopic (exact) mass is 347 g/mol. The quantitative estimate of drug-likeness (QED) is 0.567. The molecule has 0 unspecified atom stereocenters. The lowest BCUT2D eigenvalue weighted by atomic mass is 10.1. The molecule has 0 saturated carbocycles. The Morgan fingerprint density at radius 3 is 2.29 bits per heavy atom. The van der Waals surface area contributed by atoms with Crippen molar-refractivity contribution in [1.82, 2.24) is 0 Å². The number of sulfone groups is 1. The van der Waals surface area contributed by atoms with Gasteiger partial charge < -0.3 is 4.74 Å². The van der Waals surface area contributed by atoms with Gasteiger partial charge in [0.25, 0.3) is 0 Å². The number of rotatable bonds is 7. The maximum absolute atomic E-state index is 12.2. The summed E-state index contributed by atoms with van der Waals surface area (Å²) in [4.78, 5) is 10.8. The minimum absolute atomic E-state index is 0.153. The molecule has 6 nitrogen and oxygen atoms in total. The fourth-order valence-electron chi connectivity index (χ4n) is 2.09. The van der Waals surface area contributed by atoms with Crippen LogP contribution >= 0.6 is 0 Å². The summed E-state index contributed by atoms with van der Waals surface area (Å²) in [5.74, 6) is 0.321. The molecule has 0 aliphatic heterocycles. The molecule has 0 radical (unpaired) electrons. The molecular formula is C17H17NO5S. The van der Waals surface area contributed by atoms with Crippen LogP contribution in [0.4, 0.5) is 0 Å². The Morgan fingerprint density at radius 1 is 1.12 bits per heavy atom. The molecular weight excluding hydrogens is 330 g/mol. The molecule has 0 bridgehead atoms. The molecule has 0 spiro atoms. The predicted octanol–water partition coefficient (Wildman–Crippen LogP) is 3.18. The molecule has 2 aromatic rings. The number of nitro groups is 1. The second-order valence-corrected chi connectivity index (χ2v) is 7.16. The lowest BCUT2D eigenvalue weighted by Crippen LogP contribution is -2.10. The minimum atomic E-state index is -3.56. The van der Waals surface area contributed by atoms with Crippen LogP contribution in [0.5, 0.6) is 5.75 Å². The van der Waals surface area contributed by atoms with E-state index in [1.807, 2.05) is 0 Å². The van der Waals surface area contributed by atoms with E-state index >= 15 is 0 Å².